The lowest BCUT2D eigenvalue weighted by Gasteiger charge is -2.05. The first-order valence-corrected chi connectivity index (χ1v) is 12.4. The Bertz CT molecular complexity index is 400. The summed E-state index contributed by atoms with van der Waals surface area (Å²) in [6.07, 6.45) is 26.0. The monoisotopic (exact) mass is 387 g/mol. The van der Waals surface area contributed by atoms with Crippen molar-refractivity contribution in [3.8, 4) is 0 Å². The molecule has 28 heavy (non-hydrogen) atoms. The van der Waals surface area contributed by atoms with Crippen molar-refractivity contribution in [3.05, 3.63) is 42.3 Å². The van der Waals surface area contributed by atoms with Gasteiger partial charge in [-0.15, -0.1) is 0 Å². The van der Waals surface area contributed by atoms with Crippen molar-refractivity contribution in [2.75, 3.05) is 13.2 Å². The van der Waals surface area contributed by atoms with Gasteiger partial charge in [-0.1, -0.05) is 134 Å². The molecule has 0 amide bonds. The quantitative estimate of drug-likeness (QED) is 0.191. The van der Waals surface area contributed by atoms with E-state index in [1.807, 2.05) is 0 Å². The zero-order chi connectivity index (χ0) is 20.0. The fourth-order valence-corrected chi connectivity index (χ4v) is 3.75. The van der Waals surface area contributed by atoms with Crippen molar-refractivity contribution in [1.82, 2.24) is 0 Å². The van der Waals surface area contributed by atoms with E-state index in [9.17, 15) is 0 Å². The van der Waals surface area contributed by atoms with Crippen LogP contribution in [-0.2, 0) is 4.74 Å². The third-order valence-corrected chi connectivity index (χ3v) is 5.58. The van der Waals surface area contributed by atoms with Crippen LogP contribution >= 0.6 is 0 Å². The zero-order valence-electron chi connectivity index (χ0n) is 18.8. The fourth-order valence-electron chi connectivity index (χ4n) is 3.75. The van der Waals surface area contributed by atoms with Gasteiger partial charge < -0.3 is 4.74 Å². The van der Waals surface area contributed by atoms with Gasteiger partial charge in [-0.05, 0) is 24.8 Å². The van der Waals surface area contributed by atoms with Crippen molar-refractivity contribution < 1.29 is 4.74 Å². The summed E-state index contributed by atoms with van der Waals surface area (Å²) in [5.41, 5.74) is 1.30. The van der Waals surface area contributed by atoms with E-state index >= 15 is 0 Å². The van der Waals surface area contributed by atoms with Crippen LogP contribution in [0.3, 0.4) is 0 Å². The Morgan fingerprint density at radius 2 is 1.04 bits per heavy atom. The molecule has 1 aromatic rings. The Balaban J connectivity index is 1.67. The highest BCUT2D eigenvalue weighted by Gasteiger charge is 1.96. The average molecular weight is 388 g/mol. The molecule has 0 fully saturated rings. The van der Waals surface area contributed by atoms with E-state index < -0.39 is 0 Å². The Labute approximate surface area is 176 Å². The summed E-state index contributed by atoms with van der Waals surface area (Å²) in [5.74, 6) is 0. The molecular formula is C27H47O. The highest BCUT2D eigenvalue weighted by molar-refractivity contribution is 5.21. The largest absolute Gasteiger partial charge is 0.381 e. The van der Waals surface area contributed by atoms with E-state index in [2.05, 4.69) is 43.7 Å². The minimum Gasteiger partial charge on any atom is -0.381 e. The van der Waals surface area contributed by atoms with Gasteiger partial charge in [0.2, 0.25) is 0 Å². The van der Waals surface area contributed by atoms with Gasteiger partial charge in [-0.25, -0.2) is 0 Å². The third-order valence-electron chi connectivity index (χ3n) is 5.58. The minimum atomic E-state index is 0.855. The maximum absolute atomic E-state index is 5.74. The lowest BCUT2D eigenvalue weighted by Crippen LogP contribution is -1.98. The number of unbranched alkanes of at least 4 members (excludes halogenated alkanes) is 15. The molecule has 1 nitrogen and oxygen atoms in total. The summed E-state index contributed by atoms with van der Waals surface area (Å²) in [5, 5.41) is 0. The molecule has 0 N–H and O–H groups in total. The fraction of sp³-hybridized carbons (Fsp3) is 0.741. The Kier molecular flexibility index (Phi) is 18.8. The lowest BCUT2D eigenvalue weighted by atomic mass is 10.0. The molecule has 0 spiro atoms. The summed E-state index contributed by atoms with van der Waals surface area (Å²) >= 11 is 0. The standard InChI is InChI=1S/C27H47O/c1-2-3-4-5-6-7-8-9-10-11-12-13-14-15-16-20-25-28-26-21-24-27-22-18-17-19-23-27/h17-19,22-24H,2-16,20-21,25-26H2,1H3. The normalized spacial score (nSPS) is 11.2. The Hall–Kier alpha value is -0.820. The van der Waals surface area contributed by atoms with Crippen molar-refractivity contribution >= 4 is 0 Å². The van der Waals surface area contributed by atoms with Gasteiger partial charge in [-0.3, -0.25) is 0 Å². The summed E-state index contributed by atoms with van der Waals surface area (Å²) in [6.45, 7) is 4.08. The number of hydrogen-bond donors (Lipinski definition) is 0. The van der Waals surface area contributed by atoms with Crippen LogP contribution in [0, 0.1) is 6.42 Å². The van der Waals surface area contributed by atoms with Gasteiger partial charge >= 0.3 is 0 Å². The van der Waals surface area contributed by atoms with Gasteiger partial charge in [0.1, 0.15) is 0 Å². The van der Waals surface area contributed by atoms with Gasteiger partial charge in [0, 0.05) is 13.2 Å². The van der Waals surface area contributed by atoms with E-state index in [0.717, 1.165) is 19.6 Å². The summed E-state index contributed by atoms with van der Waals surface area (Å²) in [6, 6.07) is 10.5. The Morgan fingerprint density at radius 3 is 1.54 bits per heavy atom. The third kappa shape index (κ3) is 17.3. The molecule has 0 aliphatic heterocycles. The van der Waals surface area contributed by atoms with E-state index in [1.54, 1.807) is 0 Å². The van der Waals surface area contributed by atoms with Crippen molar-refractivity contribution in [2.24, 2.45) is 0 Å². The Morgan fingerprint density at radius 1 is 0.571 bits per heavy atom. The molecule has 0 unspecified atom stereocenters. The second kappa shape index (κ2) is 20.9. The van der Waals surface area contributed by atoms with Crippen LogP contribution in [0.5, 0.6) is 0 Å². The predicted octanol–water partition coefficient (Wildman–Crippen LogP) is 8.91. The second-order valence-corrected chi connectivity index (χ2v) is 8.32. The average Bonchev–Trinajstić information content (AvgIpc) is 2.73. The second-order valence-electron chi connectivity index (χ2n) is 8.32. The van der Waals surface area contributed by atoms with E-state index in [-0.39, 0.29) is 0 Å². The molecule has 1 heteroatoms. The van der Waals surface area contributed by atoms with E-state index in [4.69, 9.17) is 4.74 Å². The molecule has 0 saturated heterocycles. The van der Waals surface area contributed by atoms with Gasteiger partial charge in [0.05, 0.1) is 0 Å². The molecule has 0 aromatic heterocycles. The summed E-state index contributed by atoms with van der Waals surface area (Å²) < 4.78 is 5.74. The molecule has 0 atom stereocenters. The minimum absolute atomic E-state index is 0.855. The molecule has 1 rings (SSSR count). The zero-order valence-corrected chi connectivity index (χ0v) is 18.8. The topological polar surface area (TPSA) is 9.23 Å². The maximum Gasteiger partial charge on any atom is 0.0472 e. The molecule has 0 aliphatic rings. The first-order chi connectivity index (χ1) is 13.9. The van der Waals surface area contributed by atoms with Crippen molar-refractivity contribution in [2.45, 2.75) is 116 Å². The molecular weight excluding hydrogens is 340 g/mol. The van der Waals surface area contributed by atoms with Crippen LogP contribution in [0.2, 0.25) is 0 Å². The first-order valence-electron chi connectivity index (χ1n) is 12.4. The highest BCUT2D eigenvalue weighted by atomic mass is 16.5. The number of ether oxygens (including phenoxy) is 1. The number of hydrogen-bond acceptors (Lipinski definition) is 1. The number of rotatable bonds is 21. The maximum atomic E-state index is 5.74. The van der Waals surface area contributed by atoms with E-state index in [1.165, 1.54) is 108 Å². The van der Waals surface area contributed by atoms with Crippen LogP contribution in [0.25, 0.3) is 0 Å². The van der Waals surface area contributed by atoms with Crippen molar-refractivity contribution in [1.29, 1.82) is 0 Å². The summed E-state index contributed by atoms with van der Waals surface area (Å²) in [4.78, 5) is 0. The van der Waals surface area contributed by atoms with Crippen LogP contribution in [0.1, 0.15) is 122 Å². The van der Waals surface area contributed by atoms with Crippen LogP contribution in [-0.4, -0.2) is 13.2 Å². The predicted molar refractivity (Wildman–Crippen MR) is 125 cm³/mol. The molecule has 161 valence electrons. The molecule has 1 radical (unpaired) electrons. The molecule has 0 saturated carbocycles. The van der Waals surface area contributed by atoms with Gasteiger partial charge in [0.25, 0.3) is 0 Å². The van der Waals surface area contributed by atoms with E-state index in [0.29, 0.717) is 0 Å². The van der Waals surface area contributed by atoms with Gasteiger partial charge in [0.15, 0.2) is 0 Å². The molecule has 0 aliphatic carbocycles. The van der Waals surface area contributed by atoms with Crippen LogP contribution < -0.4 is 0 Å². The highest BCUT2D eigenvalue weighted by Crippen LogP contribution is 2.13. The van der Waals surface area contributed by atoms with Gasteiger partial charge in [-0.2, -0.15) is 0 Å². The van der Waals surface area contributed by atoms with Crippen LogP contribution in [0.4, 0.5) is 0 Å². The number of benzene rings is 1. The summed E-state index contributed by atoms with van der Waals surface area (Å²) in [7, 11) is 0. The smallest absolute Gasteiger partial charge is 0.0472 e. The lowest BCUT2D eigenvalue weighted by molar-refractivity contribution is 0.132. The molecule has 0 bridgehead atoms. The molecule has 0 heterocycles. The van der Waals surface area contributed by atoms with Crippen molar-refractivity contribution in [3.63, 3.8) is 0 Å². The molecule has 1 aromatic carbocycles. The first kappa shape index (κ1) is 25.2. The van der Waals surface area contributed by atoms with Crippen LogP contribution in [0.15, 0.2) is 30.3 Å². The SMILES string of the molecule is CCCCCCCCCCCCCCCCCCOCC[CH]c1ccccc1.